The van der Waals surface area contributed by atoms with E-state index in [1.54, 1.807) is 6.07 Å². The fourth-order valence-electron chi connectivity index (χ4n) is 2.21. The summed E-state index contributed by atoms with van der Waals surface area (Å²) in [6.45, 7) is -0.105. The maximum Gasteiger partial charge on any atom is 0.195 e. The zero-order valence-electron chi connectivity index (χ0n) is 10.8. The van der Waals surface area contributed by atoms with Gasteiger partial charge in [0.1, 0.15) is 6.07 Å². The molecule has 0 unspecified atom stereocenters. The van der Waals surface area contributed by atoms with Crippen LogP contribution in [-0.2, 0) is 6.61 Å². The molecule has 0 radical (unpaired) electrons. The lowest BCUT2D eigenvalue weighted by Gasteiger charge is -2.19. The number of hydrogen-bond acceptors (Lipinski definition) is 5. The molecule has 0 bridgehead atoms. The van der Waals surface area contributed by atoms with Crippen molar-refractivity contribution in [1.82, 2.24) is 9.38 Å². The molecule has 2 heterocycles. The van der Waals surface area contributed by atoms with Crippen LogP contribution in [0.3, 0.4) is 0 Å². The highest BCUT2D eigenvalue weighted by atomic mass is 32.1. The Balaban J connectivity index is 2.15. The van der Waals surface area contributed by atoms with Gasteiger partial charge in [-0.05, 0) is 12.1 Å². The molecule has 100 valence electrons. The zero-order valence-corrected chi connectivity index (χ0v) is 11.6. The molecule has 1 aromatic carbocycles. The van der Waals surface area contributed by atoms with E-state index in [-0.39, 0.29) is 6.61 Å². The number of fused-ring (bicyclic) bond motifs is 1. The monoisotopic (exact) mass is 284 g/mol. The number of aliphatic hydroxyl groups is 1. The summed E-state index contributed by atoms with van der Waals surface area (Å²) in [4.78, 5) is 7.19. The van der Waals surface area contributed by atoms with E-state index in [9.17, 15) is 10.4 Å². The van der Waals surface area contributed by atoms with Gasteiger partial charge in [-0.2, -0.15) is 5.26 Å². The molecule has 0 fully saturated rings. The van der Waals surface area contributed by atoms with Crippen molar-refractivity contribution >= 4 is 27.8 Å². The van der Waals surface area contributed by atoms with Gasteiger partial charge in [0.2, 0.25) is 0 Å². The molecule has 0 aliphatic carbocycles. The first-order valence-electron chi connectivity index (χ1n) is 6.04. The lowest BCUT2D eigenvalue weighted by atomic mass is 10.2. The van der Waals surface area contributed by atoms with Crippen LogP contribution >= 0.6 is 11.3 Å². The molecule has 0 saturated heterocycles. The zero-order chi connectivity index (χ0) is 14.1. The second-order valence-corrected chi connectivity index (χ2v) is 5.16. The lowest BCUT2D eigenvalue weighted by molar-refractivity contribution is 0.276. The van der Waals surface area contributed by atoms with Crippen molar-refractivity contribution in [3.63, 3.8) is 0 Å². The van der Waals surface area contributed by atoms with E-state index >= 15 is 0 Å². The first-order valence-corrected chi connectivity index (χ1v) is 6.92. The number of thiazole rings is 1. The average Bonchev–Trinajstić information content (AvgIpc) is 3.06. The van der Waals surface area contributed by atoms with Crippen molar-refractivity contribution < 1.29 is 5.11 Å². The highest BCUT2D eigenvalue weighted by Crippen LogP contribution is 2.30. The lowest BCUT2D eigenvalue weighted by Crippen LogP contribution is -2.13. The second-order valence-electron chi connectivity index (χ2n) is 4.28. The molecule has 0 aliphatic rings. The number of imidazole rings is 1. The van der Waals surface area contributed by atoms with E-state index in [1.165, 1.54) is 11.3 Å². The molecule has 6 heteroatoms. The third kappa shape index (κ3) is 1.84. The fourth-order valence-corrected chi connectivity index (χ4v) is 2.94. The molecule has 3 aromatic rings. The number of benzene rings is 1. The minimum atomic E-state index is -0.105. The largest absolute Gasteiger partial charge is 0.390 e. The van der Waals surface area contributed by atoms with Crippen molar-refractivity contribution in [2.24, 2.45) is 0 Å². The average molecular weight is 284 g/mol. The Morgan fingerprint density at radius 1 is 1.45 bits per heavy atom. The van der Waals surface area contributed by atoms with Gasteiger partial charge < -0.3 is 10.0 Å². The van der Waals surface area contributed by atoms with E-state index in [2.05, 4.69) is 11.1 Å². The van der Waals surface area contributed by atoms with Gasteiger partial charge in [0.15, 0.2) is 10.8 Å². The molecule has 0 saturated carbocycles. The summed E-state index contributed by atoms with van der Waals surface area (Å²) in [5.41, 5.74) is 2.07. The predicted molar refractivity (Wildman–Crippen MR) is 78.2 cm³/mol. The summed E-state index contributed by atoms with van der Waals surface area (Å²) >= 11 is 1.51. The first kappa shape index (κ1) is 12.7. The Morgan fingerprint density at radius 3 is 3.00 bits per heavy atom. The molecule has 0 amide bonds. The van der Waals surface area contributed by atoms with Crippen LogP contribution in [0.15, 0.2) is 35.8 Å². The minimum Gasteiger partial charge on any atom is -0.390 e. The number of aliphatic hydroxyl groups excluding tert-OH is 1. The van der Waals surface area contributed by atoms with E-state index in [1.807, 2.05) is 46.1 Å². The topological polar surface area (TPSA) is 64.6 Å². The van der Waals surface area contributed by atoms with Crippen LogP contribution in [0.25, 0.3) is 4.96 Å². The first-order chi connectivity index (χ1) is 9.76. The number of rotatable bonds is 3. The third-order valence-electron chi connectivity index (χ3n) is 3.19. The van der Waals surface area contributed by atoms with E-state index in [0.717, 1.165) is 16.3 Å². The molecule has 3 rings (SSSR count). The predicted octanol–water partition coefficient (Wildman–Crippen LogP) is 2.53. The summed E-state index contributed by atoms with van der Waals surface area (Å²) < 4.78 is 1.87. The van der Waals surface area contributed by atoms with Crippen molar-refractivity contribution in [2.75, 3.05) is 11.9 Å². The van der Waals surface area contributed by atoms with Gasteiger partial charge in [-0.3, -0.25) is 4.40 Å². The van der Waals surface area contributed by atoms with Crippen LogP contribution in [0.4, 0.5) is 11.5 Å². The summed E-state index contributed by atoms with van der Waals surface area (Å²) in [6, 6.07) is 9.52. The van der Waals surface area contributed by atoms with Crippen molar-refractivity contribution in [1.29, 1.82) is 5.26 Å². The van der Waals surface area contributed by atoms with E-state index in [0.29, 0.717) is 11.4 Å². The Hall–Kier alpha value is -2.36. The van der Waals surface area contributed by atoms with Gasteiger partial charge in [-0.1, -0.05) is 12.1 Å². The fraction of sp³-hybridized carbons (Fsp3) is 0.143. The van der Waals surface area contributed by atoms with Crippen LogP contribution < -0.4 is 4.90 Å². The van der Waals surface area contributed by atoms with E-state index in [4.69, 9.17) is 0 Å². The molecule has 1 N–H and O–H groups in total. The number of nitriles is 1. The van der Waals surface area contributed by atoms with Gasteiger partial charge in [-0.15, -0.1) is 11.3 Å². The molecule has 0 aliphatic heterocycles. The highest BCUT2D eigenvalue weighted by Gasteiger charge is 2.18. The standard InChI is InChI=1S/C14H12N4OS/c1-17(11-5-3-2-4-10(11)8-15)13-12(9-19)18-6-7-20-14(18)16-13/h2-7,19H,9H2,1H3. The number of nitrogens with zero attached hydrogens (tertiary/aromatic N) is 4. The molecular formula is C14H12N4OS. The second kappa shape index (κ2) is 4.96. The molecule has 2 aromatic heterocycles. The van der Waals surface area contributed by atoms with Crippen LogP contribution in [0.1, 0.15) is 11.3 Å². The van der Waals surface area contributed by atoms with Gasteiger partial charge in [-0.25, -0.2) is 4.98 Å². The number of anilines is 2. The summed E-state index contributed by atoms with van der Waals surface area (Å²) in [5.74, 6) is 0.669. The van der Waals surface area contributed by atoms with E-state index < -0.39 is 0 Å². The number of hydrogen-bond donors (Lipinski definition) is 1. The number of aromatic nitrogens is 2. The number of para-hydroxylation sites is 1. The Labute approximate surface area is 120 Å². The molecule has 5 nitrogen and oxygen atoms in total. The molecule has 0 spiro atoms. The summed E-state index contributed by atoms with van der Waals surface area (Å²) in [5, 5.41) is 20.7. The summed E-state index contributed by atoms with van der Waals surface area (Å²) in [6.07, 6.45) is 1.88. The Kier molecular flexibility index (Phi) is 3.14. The van der Waals surface area contributed by atoms with Gasteiger partial charge in [0.25, 0.3) is 0 Å². The smallest absolute Gasteiger partial charge is 0.195 e. The van der Waals surface area contributed by atoms with Crippen LogP contribution in [-0.4, -0.2) is 21.5 Å². The SMILES string of the molecule is CN(c1ccccc1C#N)c1nc2sccn2c1CO. The third-order valence-corrected chi connectivity index (χ3v) is 3.95. The van der Waals surface area contributed by atoms with Gasteiger partial charge >= 0.3 is 0 Å². The van der Waals surface area contributed by atoms with Gasteiger partial charge in [0.05, 0.1) is 23.6 Å². The van der Waals surface area contributed by atoms with Gasteiger partial charge in [0, 0.05) is 18.6 Å². The molecule has 0 atom stereocenters. The normalized spacial score (nSPS) is 10.7. The minimum absolute atomic E-state index is 0.105. The highest BCUT2D eigenvalue weighted by molar-refractivity contribution is 7.15. The Bertz CT molecular complexity index is 799. The maximum absolute atomic E-state index is 9.60. The van der Waals surface area contributed by atoms with Crippen molar-refractivity contribution in [3.8, 4) is 6.07 Å². The van der Waals surface area contributed by atoms with Crippen molar-refractivity contribution in [2.45, 2.75) is 6.61 Å². The summed E-state index contributed by atoms with van der Waals surface area (Å²) in [7, 11) is 1.85. The van der Waals surface area contributed by atoms with Crippen molar-refractivity contribution in [3.05, 3.63) is 47.1 Å². The molecular weight excluding hydrogens is 272 g/mol. The molecule has 20 heavy (non-hydrogen) atoms. The van der Waals surface area contributed by atoms with Crippen LogP contribution in [0, 0.1) is 11.3 Å². The quantitative estimate of drug-likeness (QED) is 0.802. The van der Waals surface area contributed by atoms with Crippen LogP contribution in [0.5, 0.6) is 0 Å². The Morgan fingerprint density at radius 2 is 2.25 bits per heavy atom. The maximum atomic E-state index is 9.60. The van der Waals surface area contributed by atoms with Crippen LogP contribution in [0.2, 0.25) is 0 Å².